The lowest BCUT2D eigenvalue weighted by molar-refractivity contribution is -0.115. The highest BCUT2D eigenvalue weighted by atomic mass is 35.5. The van der Waals surface area contributed by atoms with E-state index in [1.165, 1.54) is 11.8 Å². The van der Waals surface area contributed by atoms with Gasteiger partial charge in [0, 0.05) is 5.69 Å². The number of rotatable bonds is 7. The summed E-state index contributed by atoms with van der Waals surface area (Å²) in [5, 5.41) is 12.4. The lowest BCUT2D eigenvalue weighted by Gasteiger charge is -2.15. The molecule has 1 amide bonds. The number of carbonyl (C=O) groups excluding carboxylic acids is 1. The number of hydrogen-bond acceptors (Lipinski definition) is 5. The van der Waals surface area contributed by atoms with Gasteiger partial charge in [-0.25, -0.2) is 4.98 Å². The highest BCUT2D eigenvalue weighted by Gasteiger charge is 2.21. The number of imidazole rings is 1. The number of nitrogens with one attached hydrogen (secondary N) is 1. The Morgan fingerprint density at radius 1 is 1.21 bits per heavy atom. The summed E-state index contributed by atoms with van der Waals surface area (Å²) in [6.07, 6.45) is 0. The number of halogens is 1. The minimum absolute atomic E-state index is 0.00786. The first kappa shape index (κ1) is 22.7. The highest BCUT2D eigenvalue weighted by molar-refractivity contribution is 8.00. The van der Waals surface area contributed by atoms with Gasteiger partial charge in [-0.1, -0.05) is 41.6 Å². The van der Waals surface area contributed by atoms with E-state index in [9.17, 15) is 4.79 Å². The van der Waals surface area contributed by atoms with Gasteiger partial charge in [-0.05, 0) is 67.9 Å². The van der Waals surface area contributed by atoms with Crippen LogP contribution in [0.15, 0.2) is 71.9 Å². The third-order valence-electron chi connectivity index (χ3n) is 4.96. The molecule has 1 heterocycles. The first-order valence-corrected chi connectivity index (χ1v) is 11.5. The summed E-state index contributed by atoms with van der Waals surface area (Å²) in [5.41, 5.74) is 4.25. The van der Waals surface area contributed by atoms with E-state index in [0.29, 0.717) is 21.6 Å². The third-order valence-corrected chi connectivity index (χ3v) is 6.33. The van der Waals surface area contributed by atoms with Crippen LogP contribution >= 0.6 is 23.4 Å². The number of nitriles is 1. The van der Waals surface area contributed by atoms with Crippen LogP contribution in [0.5, 0.6) is 5.75 Å². The van der Waals surface area contributed by atoms with Gasteiger partial charge in [0.2, 0.25) is 5.91 Å². The largest absolute Gasteiger partial charge is 0.479 e. The van der Waals surface area contributed by atoms with Gasteiger partial charge in [0.1, 0.15) is 11.8 Å². The fourth-order valence-electron chi connectivity index (χ4n) is 3.31. The molecule has 0 saturated heterocycles. The number of anilines is 1. The molecule has 8 heteroatoms. The molecule has 1 unspecified atom stereocenters. The van der Waals surface area contributed by atoms with Crippen molar-refractivity contribution in [2.45, 2.75) is 24.3 Å². The van der Waals surface area contributed by atoms with Crippen molar-refractivity contribution in [3.05, 3.63) is 77.3 Å². The predicted molar refractivity (Wildman–Crippen MR) is 132 cm³/mol. The van der Waals surface area contributed by atoms with Crippen molar-refractivity contribution < 1.29 is 9.53 Å². The Morgan fingerprint density at radius 3 is 2.70 bits per heavy atom. The molecule has 0 aliphatic carbocycles. The van der Waals surface area contributed by atoms with Gasteiger partial charge in [-0.2, -0.15) is 5.26 Å². The van der Waals surface area contributed by atoms with Crippen molar-refractivity contribution in [3.8, 4) is 17.5 Å². The van der Waals surface area contributed by atoms with Crippen molar-refractivity contribution in [2.24, 2.45) is 0 Å². The zero-order valence-electron chi connectivity index (χ0n) is 18.1. The van der Waals surface area contributed by atoms with Gasteiger partial charge < -0.3 is 10.1 Å². The van der Waals surface area contributed by atoms with Gasteiger partial charge in [-0.15, -0.1) is 0 Å². The number of para-hydroxylation sites is 2. The molecule has 0 saturated carbocycles. The maximum atomic E-state index is 12.9. The molecular formula is C25H21ClN4O2S. The normalized spacial score (nSPS) is 11.7. The lowest BCUT2D eigenvalue weighted by Crippen LogP contribution is -2.23. The van der Waals surface area contributed by atoms with E-state index in [1.54, 1.807) is 6.07 Å². The summed E-state index contributed by atoms with van der Waals surface area (Å²) >= 11 is 7.64. The number of nitrogens with zero attached hydrogens (tertiary/aromatic N) is 3. The van der Waals surface area contributed by atoms with E-state index in [0.717, 1.165) is 22.3 Å². The predicted octanol–water partition coefficient (Wildman–Crippen LogP) is 6.01. The Bertz CT molecular complexity index is 1350. The van der Waals surface area contributed by atoms with Gasteiger partial charge in [0.25, 0.3) is 0 Å². The first-order valence-electron chi connectivity index (χ1n) is 10.3. The quantitative estimate of drug-likeness (QED) is 0.330. The fraction of sp³-hybridized carbons (Fsp3) is 0.160. The fourth-order valence-corrected chi connectivity index (χ4v) is 4.53. The van der Waals surface area contributed by atoms with Crippen LogP contribution in [0.4, 0.5) is 5.69 Å². The molecule has 1 aromatic heterocycles. The Morgan fingerprint density at radius 2 is 1.97 bits per heavy atom. The van der Waals surface area contributed by atoms with Crippen molar-refractivity contribution in [1.82, 2.24) is 9.55 Å². The molecule has 0 aliphatic rings. The zero-order chi connectivity index (χ0) is 23.4. The molecule has 4 rings (SSSR count). The molecule has 33 heavy (non-hydrogen) atoms. The Kier molecular flexibility index (Phi) is 6.87. The summed E-state index contributed by atoms with van der Waals surface area (Å²) in [5.74, 6) is 0.450. The lowest BCUT2D eigenvalue weighted by atomic mass is 10.2. The second kappa shape index (κ2) is 9.99. The Balaban J connectivity index is 1.61. The molecule has 3 aromatic carbocycles. The molecule has 0 aliphatic heterocycles. The van der Waals surface area contributed by atoms with Crippen molar-refractivity contribution >= 4 is 46.0 Å². The Labute approximate surface area is 201 Å². The van der Waals surface area contributed by atoms with Crippen LogP contribution in [0.3, 0.4) is 0 Å². The van der Waals surface area contributed by atoms with E-state index in [1.807, 2.05) is 85.1 Å². The zero-order valence-corrected chi connectivity index (χ0v) is 19.7. The van der Waals surface area contributed by atoms with Crippen LogP contribution in [-0.4, -0.2) is 27.3 Å². The molecular weight excluding hydrogens is 456 g/mol. The monoisotopic (exact) mass is 476 g/mol. The minimum Gasteiger partial charge on any atom is -0.479 e. The van der Waals surface area contributed by atoms with Crippen LogP contribution in [0, 0.1) is 18.3 Å². The first-order chi connectivity index (χ1) is 16.0. The SMILES string of the molecule is Cc1ccc(NC(=O)C(C)Sc2nc3ccccc3n2-c2ccc(OCC#N)cc2)c(Cl)c1. The molecule has 166 valence electrons. The number of thioether (sulfide) groups is 1. The van der Waals surface area contributed by atoms with Gasteiger partial charge >= 0.3 is 0 Å². The van der Waals surface area contributed by atoms with Gasteiger partial charge in [0.15, 0.2) is 11.8 Å². The van der Waals surface area contributed by atoms with Crippen LogP contribution in [-0.2, 0) is 4.79 Å². The summed E-state index contributed by atoms with van der Waals surface area (Å²) in [6.45, 7) is 3.78. The number of aromatic nitrogens is 2. The number of benzene rings is 3. The molecule has 0 fully saturated rings. The number of hydrogen-bond donors (Lipinski definition) is 1. The smallest absolute Gasteiger partial charge is 0.237 e. The molecule has 1 atom stereocenters. The van der Waals surface area contributed by atoms with Crippen LogP contribution in [0.2, 0.25) is 5.02 Å². The molecule has 4 aromatic rings. The number of fused-ring (bicyclic) bond motifs is 1. The van der Waals surface area contributed by atoms with E-state index in [-0.39, 0.29) is 12.5 Å². The van der Waals surface area contributed by atoms with Crippen molar-refractivity contribution in [2.75, 3.05) is 11.9 Å². The van der Waals surface area contributed by atoms with Crippen LogP contribution in [0.1, 0.15) is 12.5 Å². The number of amides is 1. The minimum atomic E-state index is -0.420. The average molecular weight is 477 g/mol. The Hall–Kier alpha value is -3.47. The van der Waals surface area contributed by atoms with Gasteiger partial charge in [-0.3, -0.25) is 9.36 Å². The van der Waals surface area contributed by atoms with Gasteiger partial charge in [0.05, 0.1) is 27.0 Å². The second-order valence-electron chi connectivity index (χ2n) is 7.39. The van der Waals surface area contributed by atoms with Crippen LogP contribution < -0.4 is 10.1 Å². The highest BCUT2D eigenvalue weighted by Crippen LogP contribution is 2.32. The van der Waals surface area contributed by atoms with Crippen molar-refractivity contribution in [1.29, 1.82) is 5.26 Å². The molecule has 6 nitrogen and oxygen atoms in total. The average Bonchev–Trinajstić information content (AvgIpc) is 3.17. The van der Waals surface area contributed by atoms with E-state index >= 15 is 0 Å². The number of carbonyl (C=O) groups is 1. The molecule has 0 spiro atoms. The number of ether oxygens (including phenoxy) is 1. The molecule has 0 bridgehead atoms. The molecule has 0 radical (unpaired) electrons. The van der Waals surface area contributed by atoms with E-state index in [4.69, 9.17) is 26.6 Å². The summed E-state index contributed by atoms with van der Waals surface area (Å²) in [4.78, 5) is 17.7. The maximum Gasteiger partial charge on any atom is 0.237 e. The van der Waals surface area contributed by atoms with E-state index < -0.39 is 5.25 Å². The van der Waals surface area contributed by atoms with E-state index in [2.05, 4.69) is 5.32 Å². The summed E-state index contributed by atoms with van der Waals surface area (Å²) in [6, 6.07) is 22.7. The standard InChI is InChI=1S/C25H21ClN4O2S/c1-16-7-12-21(20(26)15-16)28-24(31)17(2)33-25-29-22-5-3-4-6-23(22)30(25)18-8-10-19(11-9-18)32-14-13-27/h3-12,15,17H,14H2,1-2H3,(H,28,31). The van der Waals surface area contributed by atoms with Crippen molar-refractivity contribution in [3.63, 3.8) is 0 Å². The summed E-state index contributed by atoms with van der Waals surface area (Å²) < 4.78 is 7.37. The number of aryl methyl sites for hydroxylation is 1. The topological polar surface area (TPSA) is 79.9 Å². The van der Waals surface area contributed by atoms with Crippen LogP contribution in [0.25, 0.3) is 16.7 Å². The maximum absolute atomic E-state index is 12.9. The third kappa shape index (κ3) is 5.14. The second-order valence-corrected chi connectivity index (χ2v) is 9.11. The molecule has 1 N–H and O–H groups in total. The summed E-state index contributed by atoms with van der Waals surface area (Å²) in [7, 11) is 0.